The maximum absolute atomic E-state index is 12.2. The molecule has 1 aromatic carbocycles. The lowest BCUT2D eigenvalue weighted by Crippen LogP contribution is -2.30. The molecule has 2 aromatic rings. The average Bonchev–Trinajstić information content (AvgIpc) is 2.68. The number of pyridine rings is 1. The van der Waals surface area contributed by atoms with Crippen molar-refractivity contribution in [2.75, 3.05) is 5.32 Å². The van der Waals surface area contributed by atoms with E-state index in [0.717, 1.165) is 17.5 Å². The highest BCUT2D eigenvalue weighted by Crippen LogP contribution is 2.16. The lowest BCUT2D eigenvalue weighted by Gasteiger charge is -2.15. The van der Waals surface area contributed by atoms with E-state index in [1.165, 1.54) is 6.92 Å². The summed E-state index contributed by atoms with van der Waals surface area (Å²) >= 11 is 0. The third-order valence-electron chi connectivity index (χ3n) is 4.81. The van der Waals surface area contributed by atoms with E-state index in [4.69, 9.17) is 10.00 Å². The number of nitrogens with one attached hydrogen (secondary N) is 2. The van der Waals surface area contributed by atoms with Gasteiger partial charge >= 0.3 is 5.97 Å². The van der Waals surface area contributed by atoms with Gasteiger partial charge in [-0.2, -0.15) is 5.26 Å². The summed E-state index contributed by atoms with van der Waals surface area (Å²) < 4.78 is 5.22. The molecule has 0 radical (unpaired) electrons. The largest absolute Gasteiger partial charge is 0.453 e. The number of amides is 1. The van der Waals surface area contributed by atoms with E-state index in [1.54, 1.807) is 26.0 Å². The molecule has 152 valence electrons. The number of anilines is 1. The first-order valence-corrected chi connectivity index (χ1v) is 9.48. The predicted molar refractivity (Wildman–Crippen MR) is 110 cm³/mol. The molecule has 0 saturated carbocycles. The minimum atomic E-state index is -0.944. The van der Waals surface area contributed by atoms with E-state index in [0.29, 0.717) is 23.4 Å². The second kappa shape index (κ2) is 9.69. The maximum atomic E-state index is 12.2. The lowest BCUT2D eigenvalue weighted by atomic mass is 9.99. The zero-order chi connectivity index (χ0) is 21.6. The van der Waals surface area contributed by atoms with E-state index < -0.39 is 23.5 Å². The lowest BCUT2D eigenvalue weighted by molar-refractivity contribution is -0.153. The number of carbonyl (C=O) groups is 2. The Bertz CT molecular complexity index is 1000. The van der Waals surface area contributed by atoms with Crippen LogP contribution in [0.5, 0.6) is 0 Å². The number of ether oxygens (including phenoxy) is 1. The zero-order valence-electron chi connectivity index (χ0n) is 17.1. The Balaban J connectivity index is 1.94. The van der Waals surface area contributed by atoms with E-state index in [-0.39, 0.29) is 12.0 Å². The number of H-pyrrole nitrogens is 1. The van der Waals surface area contributed by atoms with Gasteiger partial charge in [0.2, 0.25) is 0 Å². The molecule has 0 fully saturated rings. The summed E-state index contributed by atoms with van der Waals surface area (Å²) in [4.78, 5) is 38.8. The van der Waals surface area contributed by atoms with E-state index >= 15 is 0 Å². The highest BCUT2D eigenvalue weighted by atomic mass is 16.5. The van der Waals surface area contributed by atoms with Crippen LogP contribution >= 0.6 is 0 Å². The van der Waals surface area contributed by atoms with Gasteiger partial charge in [0.15, 0.2) is 6.10 Å². The molecule has 0 saturated heterocycles. The van der Waals surface area contributed by atoms with E-state index in [9.17, 15) is 14.4 Å². The first kappa shape index (κ1) is 21.9. The molecule has 7 heteroatoms. The molecular formula is C22H25N3O4. The van der Waals surface area contributed by atoms with Crippen molar-refractivity contribution in [2.24, 2.45) is 0 Å². The molecule has 2 N–H and O–H groups in total. The average molecular weight is 395 g/mol. The Morgan fingerprint density at radius 2 is 1.90 bits per heavy atom. The van der Waals surface area contributed by atoms with Gasteiger partial charge in [-0.25, -0.2) is 0 Å². The number of hydrogen-bond donors (Lipinski definition) is 2. The second-order valence-electron chi connectivity index (χ2n) is 6.84. The molecular weight excluding hydrogens is 370 g/mol. The summed E-state index contributed by atoms with van der Waals surface area (Å²) in [5, 5.41) is 11.8. The molecule has 2 rings (SSSR count). The molecule has 0 spiro atoms. The first-order chi connectivity index (χ1) is 13.8. The number of hydrogen-bond acceptors (Lipinski definition) is 5. The van der Waals surface area contributed by atoms with Crippen LogP contribution in [-0.4, -0.2) is 23.0 Å². The number of benzene rings is 1. The fourth-order valence-corrected chi connectivity index (χ4v) is 3.02. The Morgan fingerprint density at radius 1 is 1.24 bits per heavy atom. The molecule has 1 aromatic heterocycles. The van der Waals surface area contributed by atoms with Gasteiger partial charge in [0.05, 0.1) is 0 Å². The second-order valence-corrected chi connectivity index (χ2v) is 6.84. The van der Waals surface area contributed by atoms with E-state index in [1.807, 2.05) is 25.1 Å². The van der Waals surface area contributed by atoms with Crippen LogP contribution in [0.4, 0.5) is 5.69 Å². The van der Waals surface area contributed by atoms with Crippen LogP contribution in [-0.2, 0) is 27.2 Å². The molecule has 1 atom stereocenters. The fraction of sp³-hybridized carbons (Fsp3) is 0.364. The number of aromatic nitrogens is 1. The highest BCUT2D eigenvalue weighted by Gasteiger charge is 2.19. The Morgan fingerprint density at radius 3 is 2.48 bits per heavy atom. The van der Waals surface area contributed by atoms with Crippen LogP contribution in [0, 0.1) is 25.2 Å². The van der Waals surface area contributed by atoms with Crippen LogP contribution < -0.4 is 10.9 Å². The standard InChI is InChI=1S/C22H25N3O4/c1-5-16-6-8-17(9-7-16)25-21(27)15(4)29-20(26)11-10-18-13(2)19(12-23)22(28)24-14(18)3/h6-9,15H,5,10-11H2,1-4H3,(H,24,28)(H,25,27)/t15-/m0/s1. The van der Waals surface area contributed by atoms with Crippen LogP contribution in [0.3, 0.4) is 0 Å². The Kier molecular flexibility index (Phi) is 7.32. The van der Waals surface area contributed by atoms with Gasteiger partial charge in [-0.1, -0.05) is 19.1 Å². The number of rotatable bonds is 7. The maximum Gasteiger partial charge on any atom is 0.306 e. The Hall–Kier alpha value is -3.40. The molecule has 29 heavy (non-hydrogen) atoms. The summed E-state index contributed by atoms with van der Waals surface area (Å²) in [5.41, 5.74) is 3.30. The molecule has 0 aliphatic rings. The van der Waals surface area contributed by atoms with Gasteiger partial charge in [0.1, 0.15) is 11.6 Å². The van der Waals surface area contributed by atoms with Gasteiger partial charge in [-0.3, -0.25) is 14.4 Å². The van der Waals surface area contributed by atoms with Crippen LogP contribution in [0.25, 0.3) is 0 Å². The summed E-state index contributed by atoms with van der Waals surface area (Å²) in [7, 11) is 0. The van der Waals surface area contributed by atoms with Crippen molar-refractivity contribution in [3.8, 4) is 6.07 Å². The van der Waals surface area contributed by atoms with Crippen LogP contribution in [0.15, 0.2) is 29.1 Å². The highest BCUT2D eigenvalue weighted by molar-refractivity contribution is 5.95. The first-order valence-electron chi connectivity index (χ1n) is 9.48. The SMILES string of the molecule is CCc1ccc(NC(=O)[C@H](C)OC(=O)CCc2c(C)[nH]c(=O)c(C#N)c2C)cc1. The summed E-state index contributed by atoms with van der Waals surface area (Å²) in [6.45, 7) is 6.96. The molecule has 0 aliphatic heterocycles. The summed E-state index contributed by atoms with van der Waals surface area (Å²) in [6.07, 6.45) is 0.295. The van der Waals surface area contributed by atoms with Crippen LogP contribution in [0.2, 0.25) is 0 Å². The third kappa shape index (κ3) is 5.55. The van der Waals surface area contributed by atoms with Gasteiger partial charge in [0.25, 0.3) is 11.5 Å². The summed E-state index contributed by atoms with van der Waals surface area (Å²) in [5.74, 6) is -0.941. The fourth-order valence-electron chi connectivity index (χ4n) is 3.02. The van der Waals surface area contributed by atoms with Crippen molar-refractivity contribution in [3.63, 3.8) is 0 Å². The smallest absolute Gasteiger partial charge is 0.306 e. The monoisotopic (exact) mass is 395 g/mol. The topological polar surface area (TPSA) is 112 Å². The Labute approximate surface area is 169 Å². The van der Waals surface area contributed by atoms with Gasteiger partial charge in [-0.05, 0) is 62.4 Å². The number of nitriles is 1. The zero-order valence-corrected chi connectivity index (χ0v) is 17.1. The van der Waals surface area contributed by atoms with Crippen molar-refractivity contribution in [1.29, 1.82) is 5.26 Å². The summed E-state index contributed by atoms with van der Waals surface area (Å²) in [6, 6.07) is 9.35. The number of aryl methyl sites for hydroxylation is 2. The minimum absolute atomic E-state index is 0.0292. The molecule has 1 heterocycles. The van der Waals surface area contributed by atoms with Crippen molar-refractivity contribution >= 4 is 17.6 Å². The molecule has 0 bridgehead atoms. The van der Waals surface area contributed by atoms with Crippen molar-refractivity contribution in [1.82, 2.24) is 4.98 Å². The molecule has 1 amide bonds. The number of nitrogens with zero attached hydrogens (tertiary/aromatic N) is 1. The normalized spacial score (nSPS) is 11.4. The molecule has 0 unspecified atom stereocenters. The predicted octanol–water partition coefficient (Wildman–Crippen LogP) is 2.93. The van der Waals surface area contributed by atoms with Gasteiger partial charge in [-0.15, -0.1) is 0 Å². The van der Waals surface area contributed by atoms with Crippen LogP contribution in [0.1, 0.15) is 48.2 Å². The van der Waals surface area contributed by atoms with Gasteiger partial charge in [0, 0.05) is 17.8 Å². The van der Waals surface area contributed by atoms with Crippen molar-refractivity contribution in [3.05, 3.63) is 62.6 Å². The van der Waals surface area contributed by atoms with Crippen molar-refractivity contribution in [2.45, 2.75) is 53.1 Å². The molecule has 7 nitrogen and oxygen atoms in total. The number of aromatic amines is 1. The number of carbonyl (C=O) groups excluding carboxylic acids is 2. The quantitative estimate of drug-likeness (QED) is 0.700. The number of esters is 1. The third-order valence-corrected chi connectivity index (χ3v) is 4.81. The minimum Gasteiger partial charge on any atom is -0.453 e. The van der Waals surface area contributed by atoms with E-state index in [2.05, 4.69) is 10.3 Å². The molecule has 0 aliphatic carbocycles. The van der Waals surface area contributed by atoms with Gasteiger partial charge < -0.3 is 15.0 Å². The van der Waals surface area contributed by atoms with Crippen molar-refractivity contribution < 1.29 is 14.3 Å².